The van der Waals surface area contributed by atoms with Gasteiger partial charge in [0, 0.05) is 18.0 Å². The van der Waals surface area contributed by atoms with Gasteiger partial charge in [0.15, 0.2) is 15.0 Å². The van der Waals surface area contributed by atoms with Crippen LogP contribution < -0.4 is 10.2 Å². The third-order valence-corrected chi connectivity index (χ3v) is 7.02. The molecule has 0 bridgehead atoms. The molecule has 1 aromatic heterocycles. The molecule has 112 valence electrons. The van der Waals surface area contributed by atoms with Gasteiger partial charge in [0.1, 0.15) is 0 Å². The minimum atomic E-state index is -2.85. The highest BCUT2D eigenvalue weighted by molar-refractivity contribution is 7.91. The molecule has 7 heteroatoms. The molecular weight excluding hydrogens is 294 g/mol. The molecule has 2 heterocycles. The summed E-state index contributed by atoms with van der Waals surface area (Å²) >= 11 is 1.75. The summed E-state index contributed by atoms with van der Waals surface area (Å²) in [4.78, 5) is 8.33. The van der Waals surface area contributed by atoms with Gasteiger partial charge in [0.2, 0.25) is 0 Å². The highest BCUT2D eigenvalue weighted by Gasteiger charge is 2.27. The molecular formula is C13H21N3O2S2. The maximum atomic E-state index is 11.7. The summed E-state index contributed by atoms with van der Waals surface area (Å²) in [5.74, 6) is 0.570. The average Bonchev–Trinajstić information content (AvgIpc) is 2.77. The fourth-order valence-electron chi connectivity index (χ4n) is 2.95. The van der Waals surface area contributed by atoms with Crippen molar-refractivity contribution in [2.45, 2.75) is 31.7 Å². The van der Waals surface area contributed by atoms with Gasteiger partial charge in [0.05, 0.1) is 23.2 Å². The third kappa shape index (κ3) is 2.84. The molecule has 1 aromatic rings. The molecule has 1 atom stereocenters. The number of aryl methyl sites for hydroxylation is 1. The maximum absolute atomic E-state index is 11.7. The van der Waals surface area contributed by atoms with Crippen molar-refractivity contribution < 1.29 is 8.42 Å². The molecule has 2 aliphatic rings. The van der Waals surface area contributed by atoms with Crippen LogP contribution in [-0.2, 0) is 16.3 Å². The fourth-order valence-corrected chi connectivity index (χ4v) is 5.44. The summed E-state index contributed by atoms with van der Waals surface area (Å²) < 4.78 is 23.4. The van der Waals surface area contributed by atoms with Gasteiger partial charge in [-0.1, -0.05) is 0 Å². The standard InChI is InChI=1S/C13H21N3O2S2/c1-14-10-4-2-5-11-12(10)15-13(19-11)16-6-3-8-20(17,18)9-7-16/h10,14H,2-9H2,1H3. The van der Waals surface area contributed by atoms with Crippen molar-refractivity contribution in [3.8, 4) is 0 Å². The molecule has 1 aliphatic carbocycles. The Balaban J connectivity index is 1.83. The third-order valence-electron chi connectivity index (χ3n) is 4.12. The van der Waals surface area contributed by atoms with Gasteiger partial charge in [-0.05, 0) is 32.7 Å². The summed E-state index contributed by atoms with van der Waals surface area (Å²) in [5, 5.41) is 4.34. The Morgan fingerprint density at radius 2 is 2.15 bits per heavy atom. The number of thiazole rings is 1. The van der Waals surface area contributed by atoms with Crippen LogP contribution in [0, 0.1) is 0 Å². The lowest BCUT2D eigenvalue weighted by molar-refractivity contribution is 0.489. The average molecular weight is 315 g/mol. The Morgan fingerprint density at radius 1 is 1.30 bits per heavy atom. The number of sulfone groups is 1. The van der Waals surface area contributed by atoms with Crippen molar-refractivity contribution >= 4 is 26.3 Å². The topological polar surface area (TPSA) is 62.3 Å². The number of fused-ring (bicyclic) bond motifs is 1. The number of rotatable bonds is 2. The second kappa shape index (κ2) is 5.61. The molecule has 0 spiro atoms. The lowest BCUT2D eigenvalue weighted by atomic mass is 9.98. The molecule has 1 aliphatic heterocycles. The predicted octanol–water partition coefficient (Wildman–Crippen LogP) is 1.36. The van der Waals surface area contributed by atoms with Gasteiger partial charge in [-0.3, -0.25) is 0 Å². The monoisotopic (exact) mass is 315 g/mol. The van der Waals surface area contributed by atoms with E-state index in [-0.39, 0.29) is 5.75 Å². The molecule has 0 radical (unpaired) electrons. The van der Waals surface area contributed by atoms with E-state index >= 15 is 0 Å². The fraction of sp³-hybridized carbons (Fsp3) is 0.769. The van der Waals surface area contributed by atoms with E-state index in [1.807, 2.05) is 7.05 Å². The van der Waals surface area contributed by atoms with Crippen LogP contribution in [0.2, 0.25) is 0 Å². The second-order valence-corrected chi connectivity index (χ2v) is 8.90. The van der Waals surface area contributed by atoms with Crippen molar-refractivity contribution in [3.63, 3.8) is 0 Å². The molecule has 1 N–H and O–H groups in total. The van der Waals surface area contributed by atoms with Gasteiger partial charge >= 0.3 is 0 Å². The van der Waals surface area contributed by atoms with E-state index in [1.54, 1.807) is 11.3 Å². The second-order valence-electron chi connectivity index (χ2n) is 5.53. The highest BCUT2D eigenvalue weighted by Crippen LogP contribution is 2.36. The van der Waals surface area contributed by atoms with Crippen LogP contribution in [0.25, 0.3) is 0 Å². The molecule has 1 saturated heterocycles. The number of aromatic nitrogens is 1. The minimum absolute atomic E-state index is 0.257. The first kappa shape index (κ1) is 14.3. The summed E-state index contributed by atoms with van der Waals surface area (Å²) in [6.07, 6.45) is 4.16. The molecule has 0 aromatic carbocycles. The Morgan fingerprint density at radius 3 is 2.95 bits per heavy atom. The van der Waals surface area contributed by atoms with Crippen LogP contribution >= 0.6 is 11.3 Å². The summed E-state index contributed by atoms with van der Waals surface area (Å²) in [7, 11) is -0.871. The number of nitrogens with one attached hydrogen (secondary N) is 1. The molecule has 1 unspecified atom stereocenters. The van der Waals surface area contributed by atoms with E-state index in [9.17, 15) is 8.42 Å². The van der Waals surface area contributed by atoms with Crippen LogP contribution in [0.4, 0.5) is 5.13 Å². The van der Waals surface area contributed by atoms with E-state index in [4.69, 9.17) is 4.98 Å². The lowest BCUT2D eigenvalue weighted by Gasteiger charge is -2.20. The summed E-state index contributed by atoms with van der Waals surface area (Å²) in [6, 6.07) is 0.361. The highest BCUT2D eigenvalue weighted by atomic mass is 32.2. The van der Waals surface area contributed by atoms with Crippen molar-refractivity contribution in [2.24, 2.45) is 0 Å². The lowest BCUT2D eigenvalue weighted by Crippen LogP contribution is -2.27. The molecule has 3 rings (SSSR count). The Bertz CT molecular complexity index is 582. The van der Waals surface area contributed by atoms with Crippen LogP contribution in [0.1, 0.15) is 35.9 Å². The first-order valence-corrected chi connectivity index (χ1v) is 9.85. The molecule has 1 fully saturated rings. The number of hydrogen-bond donors (Lipinski definition) is 1. The molecule has 0 amide bonds. The largest absolute Gasteiger partial charge is 0.347 e. The van der Waals surface area contributed by atoms with Crippen molar-refractivity contribution in [2.75, 3.05) is 36.5 Å². The Kier molecular flexibility index (Phi) is 4.01. The minimum Gasteiger partial charge on any atom is -0.347 e. The normalized spacial score (nSPS) is 26.1. The van der Waals surface area contributed by atoms with E-state index in [0.717, 1.165) is 24.5 Å². The van der Waals surface area contributed by atoms with Gasteiger partial charge in [-0.2, -0.15) is 0 Å². The summed E-state index contributed by atoms with van der Waals surface area (Å²) in [5.41, 5.74) is 1.19. The SMILES string of the molecule is CNC1CCCc2sc(N3CCCS(=O)(=O)CC3)nc21. The van der Waals surface area contributed by atoms with Crippen LogP contribution in [-0.4, -0.2) is 45.0 Å². The van der Waals surface area contributed by atoms with Crippen molar-refractivity contribution in [3.05, 3.63) is 10.6 Å². The van der Waals surface area contributed by atoms with Gasteiger partial charge in [0.25, 0.3) is 0 Å². The van der Waals surface area contributed by atoms with Gasteiger partial charge in [-0.25, -0.2) is 13.4 Å². The Labute approximate surface area is 124 Å². The van der Waals surface area contributed by atoms with Crippen molar-refractivity contribution in [1.29, 1.82) is 0 Å². The summed E-state index contributed by atoms with van der Waals surface area (Å²) in [6.45, 7) is 1.38. The smallest absolute Gasteiger partial charge is 0.185 e. The van der Waals surface area contributed by atoms with E-state index in [2.05, 4.69) is 10.2 Å². The number of hydrogen-bond acceptors (Lipinski definition) is 6. The number of anilines is 1. The quantitative estimate of drug-likeness (QED) is 0.893. The maximum Gasteiger partial charge on any atom is 0.185 e. The Hall–Kier alpha value is -0.660. The molecule has 20 heavy (non-hydrogen) atoms. The first-order valence-electron chi connectivity index (χ1n) is 7.21. The van der Waals surface area contributed by atoms with Crippen LogP contribution in [0.5, 0.6) is 0 Å². The van der Waals surface area contributed by atoms with Crippen LogP contribution in [0.15, 0.2) is 0 Å². The number of nitrogens with zero attached hydrogens (tertiary/aromatic N) is 2. The van der Waals surface area contributed by atoms with Crippen molar-refractivity contribution in [1.82, 2.24) is 10.3 Å². The van der Waals surface area contributed by atoms with Gasteiger partial charge in [-0.15, -0.1) is 11.3 Å². The first-order chi connectivity index (χ1) is 9.59. The predicted molar refractivity (Wildman–Crippen MR) is 82.3 cm³/mol. The van der Waals surface area contributed by atoms with E-state index < -0.39 is 9.84 Å². The molecule has 5 nitrogen and oxygen atoms in total. The zero-order chi connectivity index (χ0) is 14.2. The zero-order valence-corrected chi connectivity index (χ0v) is 13.4. The van der Waals surface area contributed by atoms with E-state index in [0.29, 0.717) is 24.8 Å². The molecule has 0 saturated carbocycles. The van der Waals surface area contributed by atoms with E-state index in [1.165, 1.54) is 17.0 Å². The zero-order valence-electron chi connectivity index (χ0n) is 11.8. The van der Waals surface area contributed by atoms with Gasteiger partial charge < -0.3 is 10.2 Å². The van der Waals surface area contributed by atoms with Crippen LogP contribution in [0.3, 0.4) is 0 Å².